The second-order valence-corrected chi connectivity index (χ2v) is 6.75. The van der Waals surface area contributed by atoms with Crippen molar-refractivity contribution in [3.63, 3.8) is 0 Å². The summed E-state index contributed by atoms with van der Waals surface area (Å²) < 4.78 is 0. The minimum Gasteiger partial charge on any atom is -0.361 e. The van der Waals surface area contributed by atoms with Crippen molar-refractivity contribution in [3.8, 4) is 0 Å². The average Bonchev–Trinajstić information content (AvgIpc) is 3.13. The maximum absolute atomic E-state index is 12.6. The summed E-state index contributed by atoms with van der Waals surface area (Å²) in [6, 6.07) is 18.2. The molecule has 0 atom stereocenters. The zero-order valence-electron chi connectivity index (χ0n) is 15.0. The molecular weight excluding hydrogens is 322 g/mol. The highest BCUT2D eigenvalue weighted by Crippen LogP contribution is 2.29. The summed E-state index contributed by atoms with van der Waals surface area (Å²) in [4.78, 5) is 19.8. The lowest BCUT2D eigenvalue weighted by molar-refractivity contribution is -0.119. The van der Waals surface area contributed by atoms with Gasteiger partial charge < -0.3 is 9.88 Å². The van der Waals surface area contributed by atoms with Gasteiger partial charge in [0, 0.05) is 48.5 Å². The quantitative estimate of drug-likeness (QED) is 0.778. The van der Waals surface area contributed by atoms with E-state index in [1.54, 1.807) is 4.90 Å². The van der Waals surface area contributed by atoms with Gasteiger partial charge in [-0.2, -0.15) is 0 Å². The Balaban J connectivity index is 1.42. The van der Waals surface area contributed by atoms with Gasteiger partial charge in [0.2, 0.25) is 5.91 Å². The first-order valence-electron chi connectivity index (χ1n) is 9.02. The molecule has 1 aromatic heterocycles. The SMILES string of the molecule is CN(C(=O)CN1CC=C(c2c[nH]c3ccccc23)CC1)c1ccccc1. The topological polar surface area (TPSA) is 39.3 Å². The van der Waals surface area contributed by atoms with E-state index in [0.717, 1.165) is 25.2 Å². The van der Waals surface area contributed by atoms with Crippen molar-refractivity contribution in [3.05, 3.63) is 72.4 Å². The van der Waals surface area contributed by atoms with Gasteiger partial charge in [0.15, 0.2) is 0 Å². The van der Waals surface area contributed by atoms with Crippen molar-refractivity contribution in [1.29, 1.82) is 0 Å². The molecule has 4 heteroatoms. The van der Waals surface area contributed by atoms with Crippen LogP contribution in [-0.2, 0) is 4.79 Å². The number of benzene rings is 2. The molecule has 0 bridgehead atoms. The zero-order chi connectivity index (χ0) is 17.9. The lowest BCUT2D eigenvalue weighted by Crippen LogP contribution is -2.40. The number of aromatic amines is 1. The second-order valence-electron chi connectivity index (χ2n) is 6.75. The van der Waals surface area contributed by atoms with Gasteiger partial charge in [-0.1, -0.05) is 42.5 Å². The average molecular weight is 345 g/mol. The third-order valence-corrected chi connectivity index (χ3v) is 5.10. The number of nitrogens with zero attached hydrogens (tertiary/aromatic N) is 2. The van der Waals surface area contributed by atoms with Crippen molar-refractivity contribution in [2.75, 3.05) is 31.6 Å². The summed E-state index contributed by atoms with van der Waals surface area (Å²) >= 11 is 0. The van der Waals surface area contributed by atoms with Crippen LogP contribution in [0.4, 0.5) is 5.69 Å². The number of fused-ring (bicyclic) bond motifs is 1. The Morgan fingerprint density at radius 3 is 2.65 bits per heavy atom. The summed E-state index contributed by atoms with van der Waals surface area (Å²) in [7, 11) is 1.84. The highest BCUT2D eigenvalue weighted by Gasteiger charge is 2.19. The third kappa shape index (κ3) is 3.28. The number of nitrogens with one attached hydrogen (secondary N) is 1. The maximum atomic E-state index is 12.6. The van der Waals surface area contributed by atoms with Crippen LogP contribution in [0.2, 0.25) is 0 Å². The standard InChI is InChI=1S/C22H23N3O/c1-24(18-7-3-2-4-8-18)22(26)16-25-13-11-17(12-14-25)20-15-23-21-10-6-5-9-19(20)21/h2-11,15,23H,12-14,16H2,1H3. The predicted molar refractivity (Wildman–Crippen MR) is 107 cm³/mol. The van der Waals surface area contributed by atoms with E-state index in [4.69, 9.17) is 0 Å². The highest BCUT2D eigenvalue weighted by atomic mass is 16.2. The Labute approximate surface area is 153 Å². The molecule has 0 saturated heterocycles. The molecule has 0 spiro atoms. The largest absolute Gasteiger partial charge is 0.361 e. The first kappa shape index (κ1) is 16.6. The monoisotopic (exact) mass is 345 g/mol. The number of anilines is 1. The molecule has 2 aromatic carbocycles. The maximum Gasteiger partial charge on any atom is 0.240 e. The summed E-state index contributed by atoms with van der Waals surface area (Å²) in [6.07, 6.45) is 5.32. The number of H-pyrrole nitrogens is 1. The molecule has 0 radical (unpaired) electrons. The minimum absolute atomic E-state index is 0.125. The van der Waals surface area contributed by atoms with E-state index < -0.39 is 0 Å². The molecule has 0 fully saturated rings. The Morgan fingerprint density at radius 1 is 1.12 bits per heavy atom. The Hall–Kier alpha value is -2.85. The first-order chi connectivity index (χ1) is 12.7. The fourth-order valence-corrected chi connectivity index (χ4v) is 3.53. The highest BCUT2D eigenvalue weighted by molar-refractivity contribution is 5.95. The van der Waals surface area contributed by atoms with E-state index in [-0.39, 0.29) is 5.91 Å². The van der Waals surface area contributed by atoms with E-state index in [0.29, 0.717) is 6.54 Å². The van der Waals surface area contributed by atoms with Crippen molar-refractivity contribution >= 4 is 28.1 Å². The van der Waals surface area contributed by atoms with Gasteiger partial charge in [0.25, 0.3) is 0 Å². The van der Waals surface area contributed by atoms with Crippen molar-refractivity contribution in [2.24, 2.45) is 0 Å². The molecule has 1 aliphatic heterocycles. The molecule has 2 heterocycles. The first-order valence-corrected chi connectivity index (χ1v) is 9.02. The van der Waals surface area contributed by atoms with Crippen LogP contribution in [0.25, 0.3) is 16.5 Å². The number of para-hydroxylation sites is 2. The van der Waals surface area contributed by atoms with Crippen LogP contribution < -0.4 is 4.90 Å². The third-order valence-electron chi connectivity index (χ3n) is 5.10. The molecule has 4 nitrogen and oxygen atoms in total. The molecule has 0 aliphatic carbocycles. The van der Waals surface area contributed by atoms with E-state index in [2.05, 4.69) is 46.4 Å². The molecule has 132 valence electrons. The number of aromatic nitrogens is 1. The number of carbonyl (C=O) groups excluding carboxylic acids is 1. The van der Waals surface area contributed by atoms with Gasteiger partial charge in [0.1, 0.15) is 0 Å². The Morgan fingerprint density at radius 2 is 1.88 bits per heavy atom. The Bertz CT molecular complexity index is 942. The van der Waals surface area contributed by atoms with Gasteiger partial charge >= 0.3 is 0 Å². The van der Waals surface area contributed by atoms with E-state index in [9.17, 15) is 4.79 Å². The van der Waals surface area contributed by atoms with Crippen LogP contribution in [0.3, 0.4) is 0 Å². The summed E-state index contributed by atoms with van der Waals surface area (Å²) in [5, 5.41) is 1.27. The molecular formula is C22H23N3O. The molecule has 1 N–H and O–H groups in total. The molecule has 26 heavy (non-hydrogen) atoms. The number of rotatable bonds is 4. The van der Waals surface area contributed by atoms with Crippen LogP contribution in [0, 0.1) is 0 Å². The molecule has 4 rings (SSSR count). The van der Waals surface area contributed by atoms with Crippen LogP contribution in [0.5, 0.6) is 0 Å². The van der Waals surface area contributed by atoms with Crippen LogP contribution in [0.15, 0.2) is 66.9 Å². The van der Waals surface area contributed by atoms with Gasteiger partial charge in [-0.05, 0) is 30.2 Å². The van der Waals surface area contributed by atoms with Gasteiger partial charge in [-0.15, -0.1) is 0 Å². The summed E-state index contributed by atoms with van der Waals surface area (Å²) in [5.41, 5.74) is 4.76. The number of likely N-dealkylation sites (N-methyl/N-ethyl adjacent to an activating group) is 1. The van der Waals surface area contributed by atoms with Crippen LogP contribution in [-0.4, -0.2) is 42.5 Å². The fraction of sp³-hybridized carbons (Fsp3) is 0.227. The van der Waals surface area contributed by atoms with E-state index in [1.165, 1.54) is 22.0 Å². The summed E-state index contributed by atoms with van der Waals surface area (Å²) in [6.45, 7) is 2.16. The van der Waals surface area contributed by atoms with Crippen molar-refractivity contribution in [2.45, 2.75) is 6.42 Å². The Kier molecular flexibility index (Phi) is 4.59. The molecule has 3 aromatic rings. The smallest absolute Gasteiger partial charge is 0.240 e. The fourth-order valence-electron chi connectivity index (χ4n) is 3.53. The number of amides is 1. The second kappa shape index (κ2) is 7.18. The van der Waals surface area contributed by atoms with Crippen LogP contribution >= 0.6 is 0 Å². The normalized spacial score (nSPS) is 15.0. The lowest BCUT2D eigenvalue weighted by Gasteiger charge is -2.28. The van der Waals surface area contributed by atoms with Crippen LogP contribution in [0.1, 0.15) is 12.0 Å². The number of carbonyl (C=O) groups is 1. The van der Waals surface area contributed by atoms with Crippen molar-refractivity contribution < 1.29 is 4.79 Å². The zero-order valence-corrected chi connectivity index (χ0v) is 15.0. The predicted octanol–water partition coefficient (Wildman–Crippen LogP) is 3.92. The lowest BCUT2D eigenvalue weighted by atomic mass is 9.99. The van der Waals surface area contributed by atoms with Gasteiger partial charge in [-0.25, -0.2) is 0 Å². The molecule has 1 aliphatic rings. The van der Waals surface area contributed by atoms with Gasteiger partial charge in [-0.3, -0.25) is 9.69 Å². The van der Waals surface area contributed by atoms with E-state index >= 15 is 0 Å². The van der Waals surface area contributed by atoms with E-state index in [1.807, 2.05) is 37.4 Å². The number of hydrogen-bond donors (Lipinski definition) is 1. The minimum atomic E-state index is 0.125. The molecule has 0 unspecified atom stereocenters. The number of hydrogen-bond acceptors (Lipinski definition) is 2. The molecule has 1 amide bonds. The molecule has 0 saturated carbocycles. The van der Waals surface area contributed by atoms with Gasteiger partial charge in [0.05, 0.1) is 6.54 Å². The van der Waals surface area contributed by atoms with Crippen molar-refractivity contribution in [1.82, 2.24) is 9.88 Å². The summed E-state index contributed by atoms with van der Waals surface area (Å²) in [5.74, 6) is 0.125.